The van der Waals surface area contributed by atoms with Crippen LogP contribution in [-0.4, -0.2) is 17.5 Å². The Hall–Kier alpha value is -7.51. The van der Waals surface area contributed by atoms with E-state index in [4.69, 9.17) is 15.0 Å². The van der Waals surface area contributed by atoms with Crippen molar-refractivity contribution in [2.24, 2.45) is 15.0 Å². The van der Waals surface area contributed by atoms with Crippen LogP contribution < -0.4 is 10.2 Å². The zero-order valence-corrected chi connectivity index (χ0v) is 31.1. The van der Waals surface area contributed by atoms with Gasteiger partial charge in [-0.25, -0.2) is 15.0 Å². The number of aliphatic imine (C=N–C) groups is 3. The summed E-state index contributed by atoms with van der Waals surface area (Å²) in [6.07, 6.45) is 7.07. The average Bonchev–Trinajstić information content (AvgIpc) is 3.49. The maximum atomic E-state index is 16.8. The third-order valence-corrected chi connectivity index (χ3v) is 11.3. The number of hydrogen-bond acceptors (Lipinski definition) is 5. The highest BCUT2D eigenvalue weighted by atomic mass is 19.3. The van der Waals surface area contributed by atoms with Crippen LogP contribution in [0.3, 0.4) is 0 Å². The van der Waals surface area contributed by atoms with Crippen molar-refractivity contribution in [2.75, 3.05) is 4.90 Å². The number of allylic oxidation sites excluding steroid dienone is 3. The lowest BCUT2D eigenvalue weighted by Gasteiger charge is -2.33. The molecule has 7 heteroatoms. The summed E-state index contributed by atoms with van der Waals surface area (Å²) in [7, 11) is 0. The Labute approximate surface area is 334 Å². The molecule has 3 aliphatic heterocycles. The van der Waals surface area contributed by atoms with Crippen molar-refractivity contribution in [3.05, 3.63) is 222 Å². The van der Waals surface area contributed by atoms with E-state index in [9.17, 15) is 0 Å². The standard InChI is InChI=1S/C51H33F2N5/c1-31-12-10-11-27-58-45-30-36(21-25-41(45)42-26-19-32-13-8-9-18-38(32)46(42)50(58)54-31)35-20-23-39-40-24-22-37(29-44(40)51(52,53)43(39)28-35)49-56-47(33-14-4-2-5-15-33)55-48(57-49)34-16-6-3-7-17-34/h2-30,49H,1H2,(H,55,56,57)/b12-10-,27-11-,54-50?. The van der Waals surface area contributed by atoms with Gasteiger partial charge in [-0.2, -0.15) is 8.78 Å². The number of rotatable bonds is 4. The lowest BCUT2D eigenvalue weighted by Crippen LogP contribution is -2.36. The highest BCUT2D eigenvalue weighted by molar-refractivity contribution is 6.26. The Balaban J connectivity index is 0.988. The summed E-state index contributed by atoms with van der Waals surface area (Å²) in [6, 6.07) is 49.0. The summed E-state index contributed by atoms with van der Waals surface area (Å²) in [5.74, 6) is -1.21. The second kappa shape index (κ2) is 13.0. The van der Waals surface area contributed by atoms with Gasteiger partial charge in [0.05, 0.1) is 11.4 Å². The maximum absolute atomic E-state index is 16.8. The van der Waals surface area contributed by atoms with Gasteiger partial charge in [-0.15, -0.1) is 0 Å². The van der Waals surface area contributed by atoms with Crippen molar-refractivity contribution in [2.45, 2.75) is 12.1 Å². The fraction of sp³-hybridized carbons (Fsp3) is 0.0392. The molecule has 0 bridgehead atoms. The Kier molecular flexibility index (Phi) is 7.59. The Morgan fingerprint density at radius 3 is 1.95 bits per heavy atom. The van der Waals surface area contributed by atoms with Gasteiger partial charge in [0.15, 0.2) is 6.17 Å². The summed E-state index contributed by atoms with van der Waals surface area (Å²) >= 11 is 0. The number of amidine groups is 3. The van der Waals surface area contributed by atoms with Crippen molar-refractivity contribution in [1.29, 1.82) is 0 Å². The molecule has 0 atom stereocenters. The van der Waals surface area contributed by atoms with Crippen molar-refractivity contribution < 1.29 is 8.78 Å². The van der Waals surface area contributed by atoms with Gasteiger partial charge < -0.3 is 10.2 Å². The number of nitrogens with zero attached hydrogens (tertiary/aromatic N) is 4. The van der Waals surface area contributed by atoms with E-state index in [0.717, 1.165) is 55.7 Å². The normalized spacial score (nSPS) is 17.2. The fourth-order valence-corrected chi connectivity index (χ4v) is 8.51. The predicted molar refractivity (Wildman–Crippen MR) is 232 cm³/mol. The molecule has 3 heterocycles. The summed E-state index contributed by atoms with van der Waals surface area (Å²) < 4.78 is 33.7. The van der Waals surface area contributed by atoms with Gasteiger partial charge in [-0.3, -0.25) is 0 Å². The molecule has 4 aliphatic rings. The van der Waals surface area contributed by atoms with Crippen LogP contribution in [0, 0.1) is 0 Å². The first-order valence-electron chi connectivity index (χ1n) is 19.2. The van der Waals surface area contributed by atoms with Gasteiger partial charge in [0, 0.05) is 39.6 Å². The molecule has 0 saturated heterocycles. The third kappa shape index (κ3) is 5.39. The molecule has 0 radical (unpaired) electrons. The third-order valence-electron chi connectivity index (χ3n) is 11.3. The minimum absolute atomic E-state index is 0.0196. The van der Waals surface area contributed by atoms with Crippen molar-refractivity contribution in [1.82, 2.24) is 5.32 Å². The van der Waals surface area contributed by atoms with Gasteiger partial charge in [-0.05, 0) is 74.5 Å². The van der Waals surface area contributed by atoms with Crippen LogP contribution in [0.25, 0.3) is 44.2 Å². The van der Waals surface area contributed by atoms with Crippen LogP contribution in [0.1, 0.15) is 39.5 Å². The first kappa shape index (κ1) is 33.8. The molecule has 5 nitrogen and oxygen atoms in total. The molecule has 0 fully saturated rings. The second-order valence-electron chi connectivity index (χ2n) is 14.8. The molecule has 0 aromatic heterocycles. The van der Waals surface area contributed by atoms with Gasteiger partial charge in [0.1, 0.15) is 17.5 Å². The molecule has 1 N–H and O–H groups in total. The van der Waals surface area contributed by atoms with Crippen molar-refractivity contribution in [3.8, 4) is 33.4 Å². The highest BCUT2D eigenvalue weighted by Crippen LogP contribution is 2.53. The molecule has 0 amide bonds. The molecule has 0 spiro atoms. The summed E-state index contributed by atoms with van der Waals surface area (Å²) in [4.78, 5) is 17.0. The highest BCUT2D eigenvalue weighted by Gasteiger charge is 2.45. The molecule has 11 rings (SSSR count). The fourth-order valence-electron chi connectivity index (χ4n) is 8.51. The summed E-state index contributed by atoms with van der Waals surface area (Å²) in [5, 5.41) is 5.59. The van der Waals surface area contributed by atoms with E-state index < -0.39 is 12.1 Å². The number of nitrogens with one attached hydrogen (secondary N) is 1. The number of benzene rings is 7. The minimum Gasteiger partial charge on any atom is -0.324 e. The zero-order valence-electron chi connectivity index (χ0n) is 31.1. The van der Waals surface area contributed by atoms with Gasteiger partial charge in [0.25, 0.3) is 5.92 Å². The Bertz CT molecular complexity index is 2980. The first-order valence-corrected chi connectivity index (χ1v) is 19.2. The van der Waals surface area contributed by atoms with Crippen LogP contribution in [0.4, 0.5) is 14.5 Å². The molecule has 0 unspecified atom stereocenters. The molecule has 1 aliphatic carbocycles. The van der Waals surface area contributed by atoms with Crippen molar-refractivity contribution in [3.63, 3.8) is 0 Å². The molecular formula is C51H33F2N5. The molecule has 0 saturated carbocycles. The largest absolute Gasteiger partial charge is 0.324 e. The van der Waals surface area contributed by atoms with Crippen LogP contribution >= 0.6 is 0 Å². The van der Waals surface area contributed by atoms with Gasteiger partial charge in [-0.1, -0.05) is 146 Å². The number of halogens is 2. The monoisotopic (exact) mass is 753 g/mol. The molecular weight excluding hydrogens is 721 g/mol. The van der Waals surface area contributed by atoms with E-state index in [-0.39, 0.29) is 11.1 Å². The molecule has 58 heavy (non-hydrogen) atoms. The van der Waals surface area contributed by atoms with Gasteiger partial charge in [0.2, 0.25) is 0 Å². The number of anilines is 1. The lowest BCUT2D eigenvalue weighted by molar-refractivity contribution is 0.0479. The number of alkyl halides is 2. The lowest BCUT2D eigenvalue weighted by atomic mass is 9.87. The van der Waals surface area contributed by atoms with E-state index in [2.05, 4.69) is 53.2 Å². The summed E-state index contributed by atoms with van der Waals surface area (Å²) in [6.45, 7) is 4.19. The SMILES string of the molecule is C=C1/C=C\C=C/N2C(=N1)c1c(ccc3ccccc13)-c1ccc(-c3ccc4c(c3)C(F)(F)c3cc(C5N=C(c6ccccc6)NC(c6ccccc6)=N5)ccc3-4)cc12. The quantitative estimate of drug-likeness (QED) is 0.195. The molecule has 7 aromatic carbocycles. The van der Waals surface area contributed by atoms with E-state index in [1.54, 1.807) is 18.2 Å². The van der Waals surface area contributed by atoms with Gasteiger partial charge >= 0.3 is 0 Å². The topological polar surface area (TPSA) is 52.4 Å². The van der Waals surface area contributed by atoms with Crippen LogP contribution in [0.2, 0.25) is 0 Å². The Morgan fingerprint density at radius 2 is 1.21 bits per heavy atom. The second-order valence-corrected chi connectivity index (χ2v) is 14.8. The van der Waals surface area contributed by atoms with E-state index in [0.29, 0.717) is 39.6 Å². The minimum atomic E-state index is -3.24. The van der Waals surface area contributed by atoms with E-state index >= 15 is 8.78 Å². The first-order chi connectivity index (χ1) is 28.4. The predicted octanol–water partition coefficient (Wildman–Crippen LogP) is 12.0. The zero-order chi connectivity index (χ0) is 39.0. The van der Waals surface area contributed by atoms with Crippen LogP contribution in [0.5, 0.6) is 0 Å². The van der Waals surface area contributed by atoms with Crippen molar-refractivity contribution >= 4 is 34.0 Å². The average molecular weight is 754 g/mol. The number of hydrogen-bond donors (Lipinski definition) is 1. The molecule has 7 aromatic rings. The molecule has 276 valence electrons. The maximum Gasteiger partial charge on any atom is 0.299 e. The summed E-state index contributed by atoms with van der Waals surface area (Å²) in [5.41, 5.74) is 9.52. The number of fused-ring (bicyclic) bond motifs is 11. The van der Waals surface area contributed by atoms with E-state index in [1.165, 1.54) is 0 Å². The smallest absolute Gasteiger partial charge is 0.299 e. The Morgan fingerprint density at radius 1 is 0.586 bits per heavy atom. The van der Waals surface area contributed by atoms with Crippen LogP contribution in [-0.2, 0) is 5.92 Å². The van der Waals surface area contributed by atoms with Crippen LogP contribution in [0.15, 0.2) is 203 Å². The van der Waals surface area contributed by atoms with E-state index in [1.807, 2.05) is 121 Å².